The molecule has 1 aliphatic rings. The molecule has 0 radical (unpaired) electrons. The molecule has 0 spiro atoms. The number of benzene rings is 2. The molecule has 3 rings (SSSR count). The number of ether oxygens (including phenoxy) is 1. The van der Waals surface area contributed by atoms with Gasteiger partial charge in [-0.2, -0.15) is 0 Å². The molecule has 3 nitrogen and oxygen atoms in total. The second kappa shape index (κ2) is 5.31. The molecule has 21 heavy (non-hydrogen) atoms. The van der Waals surface area contributed by atoms with Gasteiger partial charge in [0.2, 0.25) is 0 Å². The standard InChI is InChI=1S/C15H12ClFO3S/c16-21(18,19)15-8-12(17)5-6-14(15)20-9-11-7-10-3-1-2-4-13(10)11/h1-6,8,11H,7,9H2. The minimum Gasteiger partial charge on any atom is -0.492 e. The smallest absolute Gasteiger partial charge is 0.265 e. The predicted molar refractivity (Wildman–Crippen MR) is 77.8 cm³/mol. The van der Waals surface area contributed by atoms with Crippen LogP contribution in [0.4, 0.5) is 4.39 Å². The van der Waals surface area contributed by atoms with Crippen molar-refractivity contribution >= 4 is 19.7 Å². The zero-order chi connectivity index (χ0) is 15.0. The minimum absolute atomic E-state index is 0.0794. The van der Waals surface area contributed by atoms with Gasteiger partial charge in [0.25, 0.3) is 9.05 Å². The summed E-state index contributed by atoms with van der Waals surface area (Å²) in [5.41, 5.74) is 2.48. The molecule has 0 bridgehead atoms. The second-order valence-electron chi connectivity index (χ2n) is 4.94. The molecule has 0 heterocycles. The van der Waals surface area contributed by atoms with E-state index in [4.69, 9.17) is 15.4 Å². The molecule has 2 aromatic carbocycles. The minimum atomic E-state index is -4.05. The van der Waals surface area contributed by atoms with E-state index >= 15 is 0 Å². The van der Waals surface area contributed by atoms with E-state index in [-0.39, 0.29) is 16.6 Å². The quantitative estimate of drug-likeness (QED) is 0.808. The largest absolute Gasteiger partial charge is 0.492 e. The summed E-state index contributed by atoms with van der Waals surface area (Å²) >= 11 is 0. The van der Waals surface area contributed by atoms with Crippen LogP contribution in [0.2, 0.25) is 0 Å². The summed E-state index contributed by atoms with van der Waals surface area (Å²) in [6, 6.07) is 11.3. The van der Waals surface area contributed by atoms with Gasteiger partial charge in [-0.3, -0.25) is 0 Å². The van der Waals surface area contributed by atoms with E-state index in [1.54, 1.807) is 0 Å². The molecule has 0 saturated carbocycles. The Kier molecular flexibility index (Phi) is 3.63. The van der Waals surface area contributed by atoms with Gasteiger partial charge in [-0.05, 0) is 35.7 Å². The molecule has 0 aliphatic heterocycles. The Balaban J connectivity index is 1.78. The van der Waals surface area contributed by atoms with Crippen molar-refractivity contribution in [3.05, 3.63) is 59.4 Å². The Morgan fingerprint density at radius 3 is 2.71 bits per heavy atom. The van der Waals surface area contributed by atoms with E-state index in [2.05, 4.69) is 6.07 Å². The highest BCUT2D eigenvalue weighted by Crippen LogP contribution is 2.36. The van der Waals surface area contributed by atoms with Crippen LogP contribution in [-0.2, 0) is 15.5 Å². The predicted octanol–water partition coefficient (Wildman–Crippen LogP) is 3.47. The average Bonchev–Trinajstić information content (AvgIpc) is 2.40. The zero-order valence-corrected chi connectivity index (χ0v) is 12.5. The van der Waals surface area contributed by atoms with Gasteiger partial charge in [0.1, 0.15) is 16.5 Å². The van der Waals surface area contributed by atoms with Crippen LogP contribution in [-0.4, -0.2) is 15.0 Å². The molecule has 0 amide bonds. The zero-order valence-electron chi connectivity index (χ0n) is 10.9. The van der Waals surface area contributed by atoms with Crippen molar-refractivity contribution in [2.45, 2.75) is 17.2 Å². The molecule has 2 aromatic rings. The lowest BCUT2D eigenvalue weighted by Crippen LogP contribution is -2.23. The highest BCUT2D eigenvalue weighted by atomic mass is 35.7. The van der Waals surface area contributed by atoms with Crippen LogP contribution < -0.4 is 4.74 Å². The lowest BCUT2D eigenvalue weighted by atomic mass is 9.78. The van der Waals surface area contributed by atoms with Crippen LogP contribution in [0.15, 0.2) is 47.4 Å². The van der Waals surface area contributed by atoms with Gasteiger partial charge < -0.3 is 4.74 Å². The molecule has 0 saturated heterocycles. The van der Waals surface area contributed by atoms with Gasteiger partial charge in [0.05, 0.1) is 6.61 Å². The number of fused-ring (bicyclic) bond motifs is 1. The number of halogens is 2. The Morgan fingerprint density at radius 2 is 2.00 bits per heavy atom. The van der Waals surface area contributed by atoms with Crippen LogP contribution in [0, 0.1) is 5.82 Å². The van der Waals surface area contributed by atoms with E-state index in [1.165, 1.54) is 17.2 Å². The Labute approximate surface area is 126 Å². The van der Waals surface area contributed by atoms with E-state index < -0.39 is 14.9 Å². The molecule has 1 aliphatic carbocycles. The highest BCUT2D eigenvalue weighted by Gasteiger charge is 2.27. The molecule has 110 valence electrons. The summed E-state index contributed by atoms with van der Waals surface area (Å²) in [6.45, 7) is 0.335. The molecule has 1 unspecified atom stereocenters. The lowest BCUT2D eigenvalue weighted by molar-refractivity contribution is 0.268. The molecular weight excluding hydrogens is 315 g/mol. The fourth-order valence-corrected chi connectivity index (χ4v) is 3.48. The summed E-state index contributed by atoms with van der Waals surface area (Å²) in [4.78, 5) is -0.336. The summed E-state index contributed by atoms with van der Waals surface area (Å²) in [6.07, 6.45) is 0.889. The number of hydrogen-bond donors (Lipinski definition) is 0. The first kappa shape index (κ1) is 14.4. The van der Waals surface area contributed by atoms with Gasteiger partial charge in [-0.1, -0.05) is 24.3 Å². The van der Waals surface area contributed by atoms with Gasteiger partial charge in [-0.25, -0.2) is 12.8 Å². The Hall–Kier alpha value is -1.59. The first-order valence-electron chi connectivity index (χ1n) is 6.40. The highest BCUT2D eigenvalue weighted by molar-refractivity contribution is 8.13. The Bertz CT molecular complexity index is 789. The Morgan fingerprint density at radius 1 is 1.24 bits per heavy atom. The van der Waals surface area contributed by atoms with E-state index in [0.29, 0.717) is 6.61 Å². The molecule has 0 aromatic heterocycles. The SMILES string of the molecule is O=S(=O)(Cl)c1cc(F)ccc1OCC1Cc2ccccc21. The summed E-state index contributed by atoms with van der Waals surface area (Å²) in [5, 5.41) is 0. The fraction of sp³-hybridized carbons (Fsp3) is 0.200. The van der Waals surface area contributed by atoms with Crippen LogP contribution in [0.25, 0.3) is 0 Å². The van der Waals surface area contributed by atoms with Crippen molar-refractivity contribution in [1.29, 1.82) is 0 Å². The topological polar surface area (TPSA) is 43.4 Å². The van der Waals surface area contributed by atoms with Gasteiger partial charge >= 0.3 is 0 Å². The average molecular weight is 327 g/mol. The molecule has 6 heteroatoms. The third-order valence-corrected chi connectivity index (χ3v) is 4.91. The molecule has 0 N–H and O–H groups in total. The number of hydrogen-bond acceptors (Lipinski definition) is 3. The second-order valence-corrected chi connectivity index (χ2v) is 7.47. The lowest BCUT2D eigenvalue weighted by Gasteiger charge is -2.30. The normalized spacial score (nSPS) is 17.0. The summed E-state index contributed by atoms with van der Waals surface area (Å²) < 4.78 is 41.6. The van der Waals surface area contributed by atoms with Crippen molar-refractivity contribution < 1.29 is 17.5 Å². The first-order valence-corrected chi connectivity index (χ1v) is 8.71. The third-order valence-electron chi connectivity index (χ3n) is 3.57. The van der Waals surface area contributed by atoms with Gasteiger partial charge in [0.15, 0.2) is 0 Å². The van der Waals surface area contributed by atoms with E-state index in [0.717, 1.165) is 18.6 Å². The first-order chi connectivity index (χ1) is 9.95. The number of rotatable bonds is 4. The molecule has 0 fully saturated rings. The van der Waals surface area contributed by atoms with Crippen LogP contribution >= 0.6 is 10.7 Å². The van der Waals surface area contributed by atoms with Crippen LogP contribution in [0.5, 0.6) is 5.75 Å². The van der Waals surface area contributed by atoms with E-state index in [1.807, 2.05) is 18.2 Å². The maximum absolute atomic E-state index is 13.2. The van der Waals surface area contributed by atoms with Crippen molar-refractivity contribution in [3.63, 3.8) is 0 Å². The maximum Gasteiger partial charge on any atom is 0.265 e. The van der Waals surface area contributed by atoms with Crippen molar-refractivity contribution in [2.75, 3.05) is 6.61 Å². The third kappa shape index (κ3) is 2.89. The van der Waals surface area contributed by atoms with Gasteiger partial charge in [0, 0.05) is 16.6 Å². The molecular formula is C15H12ClFO3S. The maximum atomic E-state index is 13.2. The molecule has 1 atom stereocenters. The van der Waals surface area contributed by atoms with Crippen molar-refractivity contribution in [1.82, 2.24) is 0 Å². The monoisotopic (exact) mass is 326 g/mol. The fourth-order valence-electron chi connectivity index (χ4n) is 2.49. The summed E-state index contributed by atoms with van der Waals surface area (Å²) in [5.74, 6) is -0.372. The summed E-state index contributed by atoms with van der Waals surface area (Å²) in [7, 11) is 1.26. The van der Waals surface area contributed by atoms with E-state index in [9.17, 15) is 12.8 Å². The van der Waals surface area contributed by atoms with Crippen LogP contribution in [0.1, 0.15) is 17.0 Å². The van der Waals surface area contributed by atoms with Gasteiger partial charge in [-0.15, -0.1) is 0 Å². The van der Waals surface area contributed by atoms with Crippen molar-refractivity contribution in [2.24, 2.45) is 0 Å². The van der Waals surface area contributed by atoms with Crippen LogP contribution in [0.3, 0.4) is 0 Å². The van der Waals surface area contributed by atoms with Crippen molar-refractivity contribution in [3.8, 4) is 5.75 Å².